The van der Waals surface area contributed by atoms with Crippen molar-refractivity contribution in [1.82, 2.24) is 0 Å². The van der Waals surface area contributed by atoms with Crippen molar-refractivity contribution in [2.24, 2.45) is 0 Å². The Morgan fingerprint density at radius 1 is 1.00 bits per heavy atom. The van der Waals surface area contributed by atoms with Gasteiger partial charge in [-0.3, -0.25) is 4.79 Å². The summed E-state index contributed by atoms with van der Waals surface area (Å²) in [5.74, 6) is -1.27. The summed E-state index contributed by atoms with van der Waals surface area (Å²) in [6.45, 7) is 12.6. The van der Waals surface area contributed by atoms with E-state index in [1.807, 2.05) is 20.8 Å². The second-order valence-electron chi connectivity index (χ2n) is 7.85. The monoisotopic (exact) mass is 324 g/mol. The van der Waals surface area contributed by atoms with Crippen LogP contribution in [-0.2, 0) is 16.6 Å². The molecule has 1 N–H and O–H groups in total. The normalized spacial score (nSPS) is 12.9. The molecule has 2 aromatic rings. The minimum Gasteiger partial charge on any atom is -0.481 e. The zero-order valence-electron chi connectivity index (χ0n) is 15.6. The van der Waals surface area contributed by atoms with Gasteiger partial charge in [0.25, 0.3) is 0 Å². The minimum atomic E-state index is -0.759. The zero-order chi connectivity index (χ0) is 18.1. The number of aryl methyl sites for hydroxylation is 3. The maximum Gasteiger partial charge on any atom is 0.311 e. The predicted octanol–water partition coefficient (Wildman–Crippen LogP) is 5.32. The fraction of sp³-hybridized carbons (Fsp3) is 0.409. The lowest BCUT2D eigenvalue weighted by Crippen LogP contribution is -2.17. The molecule has 128 valence electrons. The first kappa shape index (κ1) is 18.3. The Bertz CT molecular complexity index is 711. The third kappa shape index (κ3) is 4.05. The number of carboxylic acids is 1. The number of carboxylic acid groups (broad SMARTS) is 1. The summed E-state index contributed by atoms with van der Waals surface area (Å²) in [4.78, 5) is 11.9. The lowest BCUT2D eigenvalue weighted by atomic mass is 9.83. The molecule has 0 saturated heterocycles. The van der Waals surface area contributed by atoms with E-state index in [4.69, 9.17) is 0 Å². The highest BCUT2D eigenvalue weighted by atomic mass is 16.4. The van der Waals surface area contributed by atoms with Gasteiger partial charge in [0.2, 0.25) is 0 Å². The number of hydrogen-bond donors (Lipinski definition) is 1. The van der Waals surface area contributed by atoms with Crippen molar-refractivity contribution in [3.05, 3.63) is 69.8 Å². The summed E-state index contributed by atoms with van der Waals surface area (Å²) >= 11 is 0. The number of rotatable bonds is 4. The van der Waals surface area contributed by atoms with Gasteiger partial charge >= 0.3 is 5.97 Å². The molecule has 2 aromatic carbocycles. The largest absolute Gasteiger partial charge is 0.481 e. The second kappa shape index (κ2) is 6.80. The van der Waals surface area contributed by atoms with Gasteiger partial charge in [-0.15, -0.1) is 0 Å². The summed E-state index contributed by atoms with van der Waals surface area (Å²) in [5.41, 5.74) is 6.68. The number of carbonyl (C=O) groups is 1. The van der Waals surface area contributed by atoms with Gasteiger partial charge in [-0.25, -0.2) is 0 Å². The Balaban J connectivity index is 2.35. The van der Waals surface area contributed by atoms with Gasteiger partial charge in [-0.2, -0.15) is 0 Å². The first-order valence-electron chi connectivity index (χ1n) is 8.49. The molecular formula is C22H28O2. The van der Waals surface area contributed by atoms with Gasteiger partial charge in [0.05, 0.1) is 5.92 Å². The van der Waals surface area contributed by atoms with Gasteiger partial charge < -0.3 is 5.11 Å². The van der Waals surface area contributed by atoms with Crippen LogP contribution in [0.15, 0.2) is 36.4 Å². The molecule has 0 radical (unpaired) electrons. The van der Waals surface area contributed by atoms with Crippen molar-refractivity contribution < 1.29 is 9.90 Å². The molecule has 1 atom stereocenters. The maximum atomic E-state index is 11.9. The van der Waals surface area contributed by atoms with Crippen LogP contribution in [0.2, 0.25) is 0 Å². The van der Waals surface area contributed by atoms with E-state index in [0.29, 0.717) is 6.42 Å². The molecule has 0 spiro atoms. The molecule has 0 fully saturated rings. The maximum absolute atomic E-state index is 11.9. The van der Waals surface area contributed by atoms with E-state index in [0.717, 1.165) is 22.3 Å². The van der Waals surface area contributed by atoms with E-state index in [9.17, 15) is 9.90 Å². The molecule has 0 aliphatic carbocycles. The standard InChI is InChI=1S/C22H28O2/c1-14-11-15(2)20(16(3)12-14)19(21(23)24)13-17-7-9-18(10-8-17)22(4,5)6/h7-12,19H,13H2,1-6H3,(H,23,24). The molecule has 0 amide bonds. The van der Waals surface area contributed by atoms with Gasteiger partial charge in [0.15, 0.2) is 0 Å². The van der Waals surface area contributed by atoms with Crippen molar-refractivity contribution in [1.29, 1.82) is 0 Å². The average Bonchev–Trinajstić information content (AvgIpc) is 2.44. The molecule has 1 unspecified atom stereocenters. The highest BCUT2D eigenvalue weighted by molar-refractivity contribution is 5.78. The van der Waals surface area contributed by atoms with Crippen LogP contribution < -0.4 is 0 Å². The van der Waals surface area contributed by atoms with E-state index < -0.39 is 11.9 Å². The van der Waals surface area contributed by atoms with Crippen LogP contribution in [0.1, 0.15) is 60.1 Å². The number of aliphatic carboxylic acids is 1. The van der Waals surface area contributed by atoms with E-state index in [2.05, 4.69) is 57.2 Å². The minimum absolute atomic E-state index is 0.106. The molecule has 0 aliphatic rings. The van der Waals surface area contributed by atoms with Crippen LogP contribution >= 0.6 is 0 Å². The Labute approximate surface area is 145 Å². The van der Waals surface area contributed by atoms with Crippen LogP contribution in [0.25, 0.3) is 0 Å². The fourth-order valence-electron chi connectivity index (χ4n) is 3.43. The van der Waals surface area contributed by atoms with Crippen molar-refractivity contribution in [2.45, 2.75) is 59.3 Å². The van der Waals surface area contributed by atoms with Crippen molar-refractivity contribution >= 4 is 5.97 Å². The summed E-state index contributed by atoms with van der Waals surface area (Å²) in [5, 5.41) is 9.79. The third-order valence-corrected chi connectivity index (χ3v) is 4.64. The van der Waals surface area contributed by atoms with Gasteiger partial charge in [-0.05, 0) is 60.4 Å². The molecule has 0 aliphatic heterocycles. The Morgan fingerprint density at radius 3 is 1.92 bits per heavy atom. The highest BCUT2D eigenvalue weighted by Gasteiger charge is 2.24. The van der Waals surface area contributed by atoms with E-state index >= 15 is 0 Å². The molecule has 0 bridgehead atoms. The molecule has 2 heteroatoms. The molecule has 0 heterocycles. The van der Waals surface area contributed by atoms with Crippen LogP contribution in [-0.4, -0.2) is 11.1 Å². The highest BCUT2D eigenvalue weighted by Crippen LogP contribution is 2.29. The van der Waals surface area contributed by atoms with Crippen molar-refractivity contribution in [3.63, 3.8) is 0 Å². The Hall–Kier alpha value is -2.09. The SMILES string of the molecule is Cc1cc(C)c(C(Cc2ccc(C(C)(C)C)cc2)C(=O)O)c(C)c1. The van der Waals surface area contributed by atoms with Gasteiger partial charge in [0, 0.05) is 0 Å². The average molecular weight is 324 g/mol. The summed E-state index contributed by atoms with van der Waals surface area (Å²) in [7, 11) is 0. The number of hydrogen-bond acceptors (Lipinski definition) is 1. The number of benzene rings is 2. The molecule has 0 saturated carbocycles. The van der Waals surface area contributed by atoms with Crippen LogP contribution in [0, 0.1) is 20.8 Å². The summed E-state index contributed by atoms with van der Waals surface area (Å²) in [6.07, 6.45) is 0.518. The van der Waals surface area contributed by atoms with Crippen LogP contribution in [0.4, 0.5) is 0 Å². The van der Waals surface area contributed by atoms with Crippen molar-refractivity contribution in [2.75, 3.05) is 0 Å². The predicted molar refractivity (Wildman–Crippen MR) is 99.9 cm³/mol. The van der Waals surface area contributed by atoms with Crippen LogP contribution in [0.5, 0.6) is 0 Å². The molecule has 0 aromatic heterocycles. The fourth-order valence-corrected chi connectivity index (χ4v) is 3.43. The Morgan fingerprint density at radius 2 is 1.50 bits per heavy atom. The second-order valence-corrected chi connectivity index (χ2v) is 7.85. The lowest BCUT2D eigenvalue weighted by molar-refractivity contribution is -0.138. The quantitative estimate of drug-likeness (QED) is 0.826. The van der Waals surface area contributed by atoms with E-state index in [-0.39, 0.29) is 5.41 Å². The third-order valence-electron chi connectivity index (χ3n) is 4.64. The summed E-state index contributed by atoms with van der Waals surface area (Å²) < 4.78 is 0. The Kier molecular flexibility index (Phi) is 5.17. The molecular weight excluding hydrogens is 296 g/mol. The van der Waals surface area contributed by atoms with E-state index in [1.54, 1.807) is 0 Å². The van der Waals surface area contributed by atoms with Crippen LogP contribution in [0.3, 0.4) is 0 Å². The lowest BCUT2D eigenvalue weighted by Gasteiger charge is -2.21. The topological polar surface area (TPSA) is 37.3 Å². The molecule has 2 rings (SSSR count). The van der Waals surface area contributed by atoms with Gasteiger partial charge in [0.1, 0.15) is 0 Å². The van der Waals surface area contributed by atoms with E-state index in [1.165, 1.54) is 11.1 Å². The summed E-state index contributed by atoms with van der Waals surface area (Å²) in [6, 6.07) is 12.5. The molecule has 24 heavy (non-hydrogen) atoms. The zero-order valence-corrected chi connectivity index (χ0v) is 15.6. The molecule has 2 nitrogen and oxygen atoms in total. The first-order valence-corrected chi connectivity index (χ1v) is 8.49. The van der Waals surface area contributed by atoms with Crippen molar-refractivity contribution in [3.8, 4) is 0 Å². The van der Waals surface area contributed by atoms with Gasteiger partial charge in [-0.1, -0.05) is 62.7 Å². The smallest absolute Gasteiger partial charge is 0.311 e. The first-order chi connectivity index (χ1) is 11.1.